The lowest BCUT2D eigenvalue weighted by Crippen LogP contribution is -2.19. The van der Waals surface area contributed by atoms with Crippen LogP contribution >= 0.6 is 0 Å². The average Bonchev–Trinajstić information content (AvgIpc) is 2.81. The maximum atomic E-state index is 4.63. The summed E-state index contributed by atoms with van der Waals surface area (Å²) in [4.78, 5) is 0. The summed E-state index contributed by atoms with van der Waals surface area (Å²) in [6, 6.07) is 8.83. The summed E-state index contributed by atoms with van der Waals surface area (Å²) >= 11 is 0. The topological polar surface area (TPSA) is 29.9 Å². The third kappa shape index (κ3) is 4.43. The number of aromatic nitrogens is 2. The molecule has 0 aliphatic heterocycles. The number of rotatable bonds is 7. The first-order valence-electron chi connectivity index (χ1n) is 7.92. The first-order chi connectivity index (χ1) is 10.1. The number of benzene rings is 1. The van der Waals surface area contributed by atoms with E-state index in [1.54, 1.807) is 0 Å². The molecule has 0 saturated heterocycles. The fourth-order valence-electron chi connectivity index (χ4n) is 2.52. The number of nitrogens with zero attached hydrogens (tertiary/aromatic N) is 2. The zero-order valence-electron chi connectivity index (χ0n) is 13.7. The van der Waals surface area contributed by atoms with Crippen molar-refractivity contribution in [2.24, 2.45) is 13.0 Å². The van der Waals surface area contributed by atoms with E-state index in [0.29, 0.717) is 5.92 Å². The minimum absolute atomic E-state index is 0.665. The van der Waals surface area contributed by atoms with Crippen molar-refractivity contribution in [2.75, 3.05) is 6.54 Å². The largest absolute Gasteiger partial charge is 0.312 e. The second kappa shape index (κ2) is 7.41. The second-order valence-electron chi connectivity index (χ2n) is 6.15. The van der Waals surface area contributed by atoms with Crippen molar-refractivity contribution in [3.63, 3.8) is 0 Å². The Morgan fingerprint density at radius 2 is 1.90 bits per heavy atom. The molecule has 2 aromatic rings. The second-order valence-corrected chi connectivity index (χ2v) is 6.15. The smallest absolute Gasteiger partial charge is 0.0967 e. The summed E-state index contributed by atoms with van der Waals surface area (Å²) in [6.07, 6.45) is 4.45. The van der Waals surface area contributed by atoms with E-state index in [4.69, 9.17) is 0 Å². The van der Waals surface area contributed by atoms with Gasteiger partial charge in [0, 0.05) is 30.9 Å². The number of nitrogens with one attached hydrogen (secondary N) is 1. The molecule has 0 radical (unpaired) electrons. The van der Waals surface area contributed by atoms with Crippen molar-refractivity contribution in [1.82, 2.24) is 15.1 Å². The van der Waals surface area contributed by atoms with Crippen molar-refractivity contribution in [1.29, 1.82) is 0 Å². The third-order valence-corrected chi connectivity index (χ3v) is 3.54. The highest BCUT2D eigenvalue weighted by Gasteiger charge is 2.10. The summed E-state index contributed by atoms with van der Waals surface area (Å²) in [5, 5.41) is 8.13. The fraction of sp³-hybridized carbons (Fsp3) is 0.500. The molecule has 3 heteroatoms. The molecular weight excluding hydrogens is 258 g/mol. The summed E-state index contributed by atoms with van der Waals surface area (Å²) in [7, 11) is 1.99. The standard InChI is InChI=1S/C18H27N3/c1-5-6-15-7-9-16(10-8-15)18-17(13-21(4)20-18)12-19-11-14(2)3/h7-10,13-14,19H,5-6,11-12H2,1-4H3. The molecule has 1 N–H and O–H groups in total. The van der Waals surface area contributed by atoms with E-state index in [-0.39, 0.29) is 0 Å². The summed E-state index contributed by atoms with van der Waals surface area (Å²) in [6.45, 7) is 8.57. The fourth-order valence-corrected chi connectivity index (χ4v) is 2.52. The molecular formula is C18H27N3. The molecule has 3 nitrogen and oxygen atoms in total. The van der Waals surface area contributed by atoms with E-state index in [1.807, 2.05) is 11.7 Å². The third-order valence-electron chi connectivity index (χ3n) is 3.54. The predicted octanol–water partition coefficient (Wildman–Crippen LogP) is 3.79. The normalized spacial score (nSPS) is 11.3. The van der Waals surface area contributed by atoms with Crippen LogP contribution in [0, 0.1) is 5.92 Å². The SMILES string of the molecule is CCCc1ccc(-c2nn(C)cc2CNCC(C)C)cc1. The van der Waals surface area contributed by atoms with Crippen LogP contribution in [0.5, 0.6) is 0 Å². The molecule has 114 valence electrons. The highest BCUT2D eigenvalue weighted by molar-refractivity contribution is 5.63. The molecule has 0 aliphatic rings. The Labute approximate surface area is 128 Å². The molecule has 0 aliphatic carbocycles. The van der Waals surface area contributed by atoms with Gasteiger partial charge in [0.2, 0.25) is 0 Å². The summed E-state index contributed by atoms with van der Waals surface area (Å²) in [5.74, 6) is 0.665. The van der Waals surface area contributed by atoms with Gasteiger partial charge in [0.05, 0.1) is 5.69 Å². The van der Waals surface area contributed by atoms with Crippen LogP contribution < -0.4 is 5.32 Å². The van der Waals surface area contributed by atoms with Gasteiger partial charge in [-0.25, -0.2) is 0 Å². The van der Waals surface area contributed by atoms with Gasteiger partial charge in [-0.3, -0.25) is 4.68 Å². The lowest BCUT2D eigenvalue weighted by atomic mass is 10.0. The molecule has 1 aromatic heterocycles. The quantitative estimate of drug-likeness (QED) is 0.839. The molecule has 1 aromatic carbocycles. The lowest BCUT2D eigenvalue weighted by Gasteiger charge is -2.08. The molecule has 2 rings (SSSR count). The highest BCUT2D eigenvalue weighted by atomic mass is 15.3. The monoisotopic (exact) mass is 285 g/mol. The van der Waals surface area contributed by atoms with Crippen LogP contribution in [-0.4, -0.2) is 16.3 Å². The zero-order valence-corrected chi connectivity index (χ0v) is 13.7. The van der Waals surface area contributed by atoms with Crippen molar-refractivity contribution < 1.29 is 0 Å². The molecule has 0 amide bonds. The van der Waals surface area contributed by atoms with Crippen molar-refractivity contribution in [3.05, 3.63) is 41.6 Å². The Bertz CT molecular complexity index is 552. The lowest BCUT2D eigenvalue weighted by molar-refractivity contribution is 0.552. The van der Waals surface area contributed by atoms with Crippen LogP contribution in [0.25, 0.3) is 11.3 Å². The van der Waals surface area contributed by atoms with E-state index in [2.05, 4.69) is 61.6 Å². The van der Waals surface area contributed by atoms with Crippen LogP contribution in [-0.2, 0) is 20.0 Å². The van der Waals surface area contributed by atoms with Gasteiger partial charge >= 0.3 is 0 Å². The van der Waals surface area contributed by atoms with Gasteiger partial charge in [0.1, 0.15) is 0 Å². The minimum atomic E-state index is 0.665. The molecule has 0 unspecified atom stereocenters. The van der Waals surface area contributed by atoms with Gasteiger partial charge in [-0.15, -0.1) is 0 Å². The Morgan fingerprint density at radius 3 is 2.52 bits per heavy atom. The Morgan fingerprint density at radius 1 is 1.19 bits per heavy atom. The van der Waals surface area contributed by atoms with Crippen LogP contribution in [0.3, 0.4) is 0 Å². The maximum absolute atomic E-state index is 4.63. The van der Waals surface area contributed by atoms with Crippen molar-refractivity contribution in [3.8, 4) is 11.3 Å². The van der Waals surface area contributed by atoms with E-state index in [1.165, 1.54) is 23.1 Å². The van der Waals surface area contributed by atoms with Gasteiger partial charge in [-0.1, -0.05) is 51.5 Å². The zero-order chi connectivity index (χ0) is 15.2. The molecule has 0 bridgehead atoms. The Kier molecular flexibility index (Phi) is 5.57. The molecule has 0 spiro atoms. The highest BCUT2D eigenvalue weighted by Crippen LogP contribution is 2.22. The molecule has 0 atom stereocenters. The minimum Gasteiger partial charge on any atom is -0.312 e. The van der Waals surface area contributed by atoms with Gasteiger partial charge in [0.25, 0.3) is 0 Å². The maximum Gasteiger partial charge on any atom is 0.0967 e. The number of hydrogen-bond acceptors (Lipinski definition) is 2. The molecule has 21 heavy (non-hydrogen) atoms. The van der Waals surface area contributed by atoms with Crippen LogP contribution in [0.4, 0.5) is 0 Å². The van der Waals surface area contributed by atoms with Crippen LogP contribution in [0.1, 0.15) is 38.3 Å². The van der Waals surface area contributed by atoms with Gasteiger partial charge in [-0.05, 0) is 24.4 Å². The van der Waals surface area contributed by atoms with E-state index in [0.717, 1.165) is 25.2 Å². The molecule has 1 heterocycles. The van der Waals surface area contributed by atoms with Crippen molar-refractivity contribution in [2.45, 2.75) is 40.2 Å². The average molecular weight is 285 g/mol. The predicted molar refractivity (Wildman–Crippen MR) is 89.2 cm³/mol. The Balaban J connectivity index is 2.14. The molecule has 0 fully saturated rings. The summed E-state index contributed by atoms with van der Waals surface area (Å²) in [5.41, 5.74) is 4.96. The van der Waals surface area contributed by atoms with E-state index < -0.39 is 0 Å². The Hall–Kier alpha value is -1.61. The van der Waals surface area contributed by atoms with Crippen LogP contribution in [0.2, 0.25) is 0 Å². The van der Waals surface area contributed by atoms with Gasteiger partial charge in [0.15, 0.2) is 0 Å². The first kappa shape index (κ1) is 15.8. The van der Waals surface area contributed by atoms with E-state index >= 15 is 0 Å². The number of hydrogen-bond donors (Lipinski definition) is 1. The van der Waals surface area contributed by atoms with Gasteiger partial charge < -0.3 is 5.32 Å². The van der Waals surface area contributed by atoms with Crippen LogP contribution in [0.15, 0.2) is 30.5 Å². The van der Waals surface area contributed by atoms with Gasteiger partial charge in [-0.2, -0.15) is 5.10 Å². The number of aryl methyl sites for hydroxylation is 2. The summed E-state index contributed by atoms with van der Waals surface area (Å²) < 4.78 is 1.90. The van der Waals surface area contributed by atoms with Crippen molar-refractivity contribution >= 4 is 0 Å². The van der Waals surface area contributed by atoms with E-state index in [9.17, 15) is 0 Å². The molecule has 0 saturated carbocycles. The first-order valence-corrected chi connectivity index (χ1v) is 7.92.